The topological polar surface area (TPSA) is 67.6 Å². The molecule has 4 rings (SSSR count). The predicted octanol–water partition coefficient (Wildman–Crippen LogP) is 5.81. The standard InChI is InChI=1S/C28H29N3O3/c1-21(2)29-28(32)26-20-33-27(30-26)19-31(17-22-10-5-3-6-11-22)18-23-12-9-15-25(16-23)34-24-13-7-4-8-14-24/h3-16,20-21H,17-19H2,1-2H3,(H,29,32). The van der Waals surface area contributed by atoms with Gasteiger partial charge in [0.05, 0.1) is 6.54 Å². The van der Waals surface area contributed by atoms with Crippen molar-refractivity contribution in [2.75, 3.05) is 0 Å². The van der Waals surface area contributed by atoms with Gasteiger partial charge in [-0.25, -0.2) is 4.98 Å². The molecule has 4 aromatic rings. The molecule has 0 aliphatic rings. The number of carbonyl (C=O) groups is 1. The first kappa shape index (κ1) is 23.3. The van der Waals surface area contributed by atoms with Gasteiger partial charge in [0.2, 0.25) is 5.89 Å². The first-order chi connectivity index (χ1) is 16.5. The molecule has 0 saturated heterocycles. The molecule has 34 heavy (non-hydrogen) atoms. The molecule has 3 aromatic carbocycles. The predicted molar refractivity (Wildman–Crippen MR) is 131 cm³/mol. The van der Waals surface area contributed by atoms with Gasteiger partial charge in [-0.3, -0.25) is 9.69 Å². The fourth-order valence-corrected chi connectivity index (χ4v) is 3.61. The number of carbonyl (C=O) groups excluding carboxylic acids is 1. The fraction of sp³-hybridized carbons (Fsp3) is 0.214. The molecule has 1 N–H and O–H groups in total. The number of hydrogen-bond donors (Lipinski definition) is 1. The number of aromatic nitrogens is 1. The molecule has 0 bridgehead atoms. The van der Waals surface area contributed by atoms with Crippen LogP contribution in [0.1, 0.15) is 41.4 Å². The average molecular weight is 456 g/mol. The molecule has 6 nitrogen and oxygen atoms in total. The first-order valence-corrected chi connectivity index (χ1v) is 11.4. The number of nitrogens with one attached hydrogen (secondary N) is 1. The monoisotopic (exact) mass is 455 g/mol. The Hall–Kier alpha value is -3.90. The lowest BCUT2D eigenvalue weighted by Crippen LogP contribution is -2.30. The maximum atomic E-state index is 12.3. The van der Waals surface area contributed by atoms with Crippen LogP contribution in [0.25, 0.3) is 0 Å². The summed E-state index contributed by atoms with van der Waals surface area (Å²) in [7, 11) is 0. The van der Waals surface area contributed by atoms with Gasteiger partial charge in [0, 0.05) is 19.1 Å². The van der Waals surface area contributed by atoms with Crippen LogP contribution in [-0.2, 0) is 19.6 Å². The molecule has 1 amide bonds. The molecule has 0 unspecified atom stereocenters. The number of amides is 1. The minimum absolute atomic E-state index is 0.0348. The van der Waals surface area contributed by atoms with E-state index in [1.165, 1.54) is 11.8 Å². The number of hydrogen-bond acceptors (Lipinski definition) is 5. The van der Waals surface area contributed by atoms with Gasteiger partial charge in [-0.15, -0.1) is 0 Å². The third-order valence-electron chi connectivity index (χ3n) is 5.10. The van der Waals surface area contributed by atoms with Gasteiger partial charge in [-0.2, -0.15) is 0 Å². The molecular weight excluding hydrogens is 426 g/mol. The van der Waals surface area contributed by atoms with E-state index in [9.17, 15) is 4.79 Å². The zero-order chi connectivity index (χ0) is 23.8. The summed E-state index contributed by atoms with van der Waals surface area (Å²) in [6.07, 6.45) is 1.42. The van der Waals surface area contributed by atoms with Crippen LogP contribution in [0, 0.1) is 0 Å². The molecule has 174 valence electrons. The number of oxazole rings is 1. The van der Waals surface area contributed by atoms with Crippen molar-refractivity contribution < 1.29 is 13.9 Å². The Morgan fingerprint density at radius 2 is 1.53 bits per heavy atom. The Morgan fingerprint density at radius 3 is 2.26 bits per heavy atom. The van der Waals surface area contributed by atoms with Gasteiger partial charge >= 0.3 is 0 Å². The van der Waals surface area contributed by atoms with Gasteiger partial charge in [0.15, 0.2) is 5.69 Å². The van der Waals surface area contributed by atoms with Crippen LogP contribution in [0.15, 0.2) is 95.6 Å². The summed E-state index contributed by atoms with van der Waals surface area (Å²) < 4.78 is 11.6. The van der Waals surface area contributed by atoms with Crippen molar-refractivity contribution in [3.05, 3.63) is 114 Å². The summed E-state index contributed by atoms with van der Waals surface area (Å²) in [5.74, 6) is 1.85. The molecule has 0 fully saturated rings. The van der Waals surface area contributed by atoms with Crippen LogP contribution in [0.4, 0.5) is 0 Å². The van der Waals surface area contributed by atoms with Crippen LogP contribution in [0.5, 0.6) is 11.5 Å². The minimum atomic E-state index is -0.231. The van der Waals surface area contributed by atoms with Crippen LogP contribution in [0.3, 0.4) is 0 Å². The number of ether oxygens (including phenoxy) is 1. The van der Waals surface area contributed by atoms with Gasteiger partial charge in [0.1, 0.15) is 17.8 Å². The van der Waals surface area contributed by atoms with Crippen LogP contribution >= 0.6 is 0 Å². The Bertz CT molecular complexity index is 1190. The van der Waals surface area contributed by atoms with Gasteiger partial charge in [0.25, 0.3) is 5.91 Å². The van der Waals surface area contributed by atoms with Crippen molar-refractivity contribution in [3.8, 4) is 11.5 Å². The molecule has 1 aromatic heterocycles. The lowest BCUT2D eigenvalue weighted by atomic mass is 10.1. The minimum Gasteiger partial charge on any atom is -0.457 e. The van der Waals surface area contributed by atoms with Crippen molar-refractivity contribution >= 4 is 5.91 Å². The van der Waals surface area contributed by atoms with Crippen LogP contribution in [0.2, 0.25) is 0 Å². The number of para-hydroxylation sites is 1. The Balaban J connectivity index is 1.50. The summed E-state index contributed by atoms with van der Waals surface area (Å²) in [6, 6.07) is 28.1. The van der Waals surface area contributed by atoms with Crippen LogP contribution < -0.4 is 10.1 Å². The molecule has 1 heterocycles. The maximum Gasteiger partial charge on any atom is 0.273 e. The molecule has 0 aliphatic heterocycles. The second-order valence-electron chi connectivity index (χ2n) is 8.45. The van der Waals surface area contributed by atoms with Crippen molar-refractivity contribution in [2.24, 2.45) is 0 Å². The summed E-state index contributed by atoms with van der Waals surface area (Å²) in [6.45, 7) is 5.66. The van der Waals surface area contributed by atoms with E-state index in [4.69, 9.17) is 9.15 Å². The first-order valence-electron chi connectivity index (χ1n) is 11.4. The van der Waals surface area contributed by atoms with E-state index in [0.717, 1.165) is 17.1 Å². The maximum absolute atomic E-state index is 12.3. The lowest BCUT2D eigenvalue weighted by Gasteiger charge is -2.21. The summed E-state index contributed by atoms with van der Waals surface area (Å²) in [5, 5.41) is 2.84. The Kier molecular flexibility index (Phi) is 7.73. The van der Waals surface area contributed by atoms with Crippen LogP contribution in [-0.4, -0.2) is 21.8 Å². The third-order valence-corrected chi connectivity index (χ3v) is 5.10. The van der Waals surface area contributed by atoms with E-state index in [2.05, 4.69) is 33.4 Å². The fourth-order valence-electron chi connectivity index (χ4n) is 3.61. The molecule has 0 aliphatic carbocycles. The second kappa shape index (κ2) is 11.3. The molecule has 0 atom stereocenters. The quantitative estimate of drug-likeness (QED) is 0.327. The highest BCUT2D eigenvalue weighted by Crippen LogP contribution is 2.23. The van der Waals surface area contributed by atoms with E-state index in [0.29, 0.717) is 31.2 Å². The average Bonchev–Trinajstić information content (AvgIpc) is 3.29. The van der Waals surface area contributed by atoms with Crippen molar-refractivity contribution in [1.82, 2.24) is 15.2 Å². The molecular formula is C28H29N3O3. The smallest absolute Gasteiger partial charge is 0.273 e. The number of nitrogens with zero attached hydrogens (tertiary/aromatic N) is 2. The summed E-state index contributed by atoms with van der Waals surface area (Å²) in [4.78, 5) is 18.9. The van der Waals surface area contributed by atoms with E-state index >= 15 is 0 Å². The van der Waals surface area contributed by atoms with Crippen molar-refractivity contribution in [3.63, 3.8) is 0 Å². The SMILES string of the molecule is CC(C)NC(=O)c1coc(CN(Cc2ccccc2)Cc2cccc(Oc3ccccc3)c2)n1. The van der Waals surface area contributed by atoms with Gasteiger partial charge < -0.3 is 14.5 Å². The zero-order valence-electron chi connectivity index (χ0n) is 19.5. The Labute approximate surface area is 200 Å². The highest BCUT2D eigenvalue weighted by atomic mass is 16.5. The normalized spacial score (nSPS) is 11.1. The molecule has 6 heteroatoms. The van der Waals surface area contributed by atoms with E-state index in [1.807, 2.05) is 80.6 Å². The molecule has 0 spiro atoms. The van der Waals surface area contributed by atoms with Crippen molar-refractivity contribution in [2.45, 2.75) is 39.5 Å². The third kappa shape index (κ3) is 6.80. The number of benzene rings is 3. The Morgan fingerprint density at radius 1 is 0.882 bits per heavy atom. The number of rotatable bonds is 10. The van der Waals surface area contributed by atoms with Gasteiger partial charge in [-0.05, 0) is 49.2 Å². The van der Waals surface area contributed by atoms with E-state index in [1.54, 1.807) is 0 Å². The largest absolute Gasteiger partial charge is 0.457 e. The van der Waals surface area contributed by atoms with E-state index in [-0.39, 0.29) is 11.9 Å². The highest BCUT2D eigenvalue weighted by Gasteiger charge is 2.16. The zero-order valence-corrected chi connectivity index (χ0v) is 19.5. The highest BCUT2D eigenvalue weighted by molar-refractivity contribution is 5.92. The molecule has 0 radical (unpaired) electrons. The lowest BCUT2D eigenvalue weighted by molar-refractivity contribution is 0.0938. The van der Waals surface area contributed by atoms with Gasteiger partial charge in [-0.1, -0.05) is 60.7 Å². The summed E-state index contributed by atoms with van der Waals surface area (Å²) in [5.41, 5.74) is 2.58. The summed E-state index contributed by atoms with van der Waals surface area (Å²) >= 11 is 0. The van der Waals surface area contributed by atoms with E-state index < -0.39 is 0 Å². The second-order valence-corrected chi connectivity index (χ2v) is 8.45. The van der Waals surface area contributed by atoms with Crippen molar-refractivity contribution in [1.29, 1.82) is 0 Å². The molecule has 0 saturated carbocycles.